The SMILES string of the molecule is N#CCCN(CCC#N)C(=O)c1ccc(-c2ccc(F)cc2)o1. The Morgan fingerprint density at radius 1 is 1.04 bits per heavy atom. The van der Waals surface area contributed by atoms with Gasteiger partial charge in [0.05, 0.1) is 25.0 Å². The van der Waals surface area contributed by atoms with Gasteiger partial charge in [-0.25, -0.2) is 4.39 Å². The Labute approximate surface area is 133 Å². The Balaban J connectivity index is 2.16. The number of carbonyl (C=O) groups is 1. The van der Waals surface area contributed by atoms with E-state index in [1.165, 1.54) is 23.1 Å². The molecule has 23 heavy (non-hydrogen) atoms. The summed E-state index contributed by atoms with van der Waals surface area (Å²) in [5.74, 6) is -0.145. The van der Waals surface area contributed by atoms with Gasteiger partial charge in [-0.2, -0.15) is 10.5 Å². The fourth-order valence-corrected chi connectivity index (χ4v) is 2.06. The van der Waals surface area contributed by atoms with E-state index in [4.69, 9.17) is 14.9 Å². The van der Waals surface area contributed by atoms with Gasteiger partial charge in [0.15, 0.2) is 5.76 Å². The highest BCUT2D eigenvalue weighted by Crippen LogP contribution is 2.23. The van der Waals surface area contributed by atoms with Crippen LogP contribution in [-0.4, -0.2) is 23.9 Å². The average Bonchev–Trinajstić information content (AvgIpc) is 3.05. The van der Waals surface area contributed by atoms with Crippen LogP contribution in [0.25, 0.3) is 11.3 Å². The van der Waals surface area contributed by atoms with Crippen molar-refractivity contribution >= 4 is 5.91 Å². The molecule has 0 aliphatic carbocycles. The first-order valence-electron chi connectivity index (χ1n) is 7.04. The first-order chi connectivity index (χ1) is 11.2. The molecule has 2 aromatic rings. The third-order valence-corrected chi connectivity index (χ3v) is 3.22. The third kappa shape index (κ3) is 4.18. The maximum atomic E-state index is 12.9. The topological polar surface area (TPSA) is 81.0 Å². The third-order valence-electron chi connectivity index (χ3n) is 3.22. The molecule has 1 heterocycles. The van der Waals surface area contributed by atoms with E-state index in [9.17, 15) is 9.18 Å². The summed E-state index contributed by atoms with van der Waals surface area (Å²) >= 11 is 0. The van der Waals surface area contributed by atoms with Crippen LogP contribution in [-0.2, 0) is 0 Å². The molecular formula is C17H14FN3O2. The number of nitriles is 2. The molecule has 0 N–H and O–H groups in total. The zero-order chi connectivity index (χ0) is 16.7. The maximum Gasteiger partial charge on any atom is 0.289 e. The van der Waals surface area contributed by atoms with E-state index < -0.39 is 0 Å². The van der Waals surface area contributed by atoms with Crippen molar-refractivity contribution in [2.45, 2.75) is 12.8 Å². The van der Waals surface area contributed by atoms with Crippen LogP contribution in [0, 0.1) is 28.5 Å². The molecular weight excluding hydrogens is 297 g/mol. The van der Waals surface area contributed by atoms with Crippen LogP contribution in [0.1, 0.15) is 23.4 Å². The monoisotopic (exact) mass is 311 g/mol. The Hall–Kier alpha value is -3.12. The molecule has 0 radical (unpaired) electrons. The van der Waals surface area contributed by atoms with Crippen LogP contribution in [0.15, 0.2) is 40.8 Å². The molecule has 2 rings (SSSR count). The number of halogens is 1. The number of carbonyl (C=O) groups excluding carboxylic acids is 1. The lowest BCUT2D eigenvalue weighted by Gasteiger charge is -2.18. The lowest BCUT2D eigenvalue weighted by atomic mass is 10.2. The van der Waals surface area contributed by atoms with Gasteiger partial charge < -0.3 is 9.32 Å². The summed E-state index contributed by atoms with van der Waals surface area (Å²) in [5, 5.41) is 17.3. The van der Waals surface area contributed by atoms with Gasteiger partial charge in [0.1, 0.15) is 11.6 Å². The molecule has 0 unspecified atom stereocenters. The summed E-state index contributed by atoms with van der Waals surface area (Å²) in [5.41, 5.74) is 0.658. The van der Waals surface area contributed by atoms with Crippen molar-refractivity contribution in [1.29, 1.82) is 10.5 Å². The fourth-order valence-electron chi connectivity index (χ4n) is 2.06. The molecule has 0 saturated carbocycles. The molecule has 0 atom stereocenters. The van der Waals surface area contributed by atoms with Gasteiger partial charge in [0.25, 0.3) is 5.91 Å². The van der Waals surface area contributed by atoms with Crippen molar-refractivity contribution < 1.29 is 13.6 Å². The van der Waals surface area contributed by atoms with Crippen molar-refractivity contribution in [1.82, 2.24) is 4.90 Å². The van der Waals surface area contributed by atoms with E-state index in [1.807, 2.05) is 12.1 Å². The van der Waals surface area contributed by atoms with Crippen LogP contribution in [0.3, 0.4) is 0 Å². The second-order valence-corrected chi connectivity index (χ2v) is 4.78. The van der Waals surface area contributed by atoms with Crippen molar-refractivity contribution in [3.8, 4) is 23.5 Å². The van der Waals surface area contributed by atoms with Gasteiger partial charge >= 0.3 is 0 Å². The predicted molar refractivity (Wildman–Crippen MR) is 80.5 cm³/mol. The van der Waals surface area contributed by atoms with Crippen LogP contribution in [0.4, 0.5) is 4.39 Å². The minimum atomic E-state index is -0.371. The number of benzene rings is 1. The molecule has 1 aromatic carbocycles. The molecule has 0 aliphatic rings. The molecule has 5 nitrogen and oxygen atoms in total. The van der Waals surface area contributed by atoms with Crippen molar-refractivity contribution in [2.24, 2.45) is 0 Å². The van der Waals surface area contributed by atoms with Gasteiger partial charge in [-0.3, -0.25) is 4.79 Å². The van der Waals surface area contributed by atoms with E-state index in [0.29, 0.717) is 11.3 Å². The van der Waals surface area contributed by atoms with E-state index >= 15 is 0 Å². The number of nitrogens with zero attached hydrogens (tertiary/aromatic N) is 3. The highest BCUT2D eigenvalue weighted by Gasteiger charge is 2.19. The lowest BCUT2D eigenvalue weighted by Crippen LogP contribution is -2.32. The number of amides is 1. The van der Waals surface area contributed by atoms with E-state index in [1.54, 1.807) is 18.2 Å². The highest BCUT2D eigenvalue weighted by atomic mass is 19.1. The number of rotatable bonds is 6. The second-order valence-electron chi connectivity index (χ2n) is 4.78. The Morgan fingerprint density at radius 3 is 2.22 bits per heavy atom. The molecule has 0 aliphatic heterocycles. The second kappa shape index (κ2) is 7.77. The first-order valence-corrected chi connectivity index (χ1v) is 7.04. The maximum absolute atomic E-state index is 12.9. The van der Waals surface area contributed by atoms with Crippen LogP contribution < -0.4 is 0 Å². The Bertz CT molecular complexity index is 735. The summed E-state index contributed by atoms with van der Waals surface area (Å²) < 4.78 is 18.5. The molecule has 0 saturated heterocycles. The van der Waals surface area contributed by atoms with Gasteiger partial charge in [-0.15, -0.1) is 0 Å². The zero-order valence-electron chi connectivity index (χ0n) is 12.3. The van der Waals surface area contributed by atoms with Gasteiger partial charge in [0.2, 0.25) is 0 Å². The first kappa shape index (κ1) is 16.3. The van der Waals surface area contributed by atoms with Gasteiger partial charge in [-0.1, -0.05) is 0 Å². The summed E-state index contributed by atoms with van der Waals surface area (Å²) in [6.45, 7) is 0.479. The van der Waals surface area contributed by atoms with E-state index in [2.05, 4.69) is 0 Å². The van der Waals surface area contributed by atoms with Crippen LogP contribution in [0.5, 0.6) is 0 Å². The Morgan fingerprint density at radius 2 is 1.65 bits per heavy atom. The number of furan rings is 1. The van der Waals surface area contributed by atoms with Crippen molar-refractivity contribution in [3.05, 3.63) is 48.0 Å². The molecule has 0 bridgehead atoms. The number of hydrogen-bond acceptors (Lipinski definition) is 4. The Kier molecular flexibility index (Phi) is 5.49. The van der Waals surface area contributed by atoms with Gasteiger partial charge in [0, 0.05) is 18.7 Å². The van der Waals surface area contributed by atoms with Gasteiger partial charge in [-0.05, 0) is 36.4 Å². The molecule has 116 valence electrons. The van der Waals surface area contributed by atoms with Crippen LogP contribution >= 0.6 is 0 Å². The fraction of sp³-hybridized carbons (Fsp3) is 0.235. The summed E-state index contributed by atoms with van der Waals surface area (Å²) in [6, 6.07) is 12.9. The number of hydrogen-bond donors (Lipinski definition) is 0. The summed E-state index contributed by atoms with van der Waals surface area (Å²) in [7, 11) is 0. The summed E-state index contributed by atoms with van der Waals surface area (Å²) in [4.78, 5) is 13.8. The molecule has 0 fully saturated rings. The molecule has 1 aromatic heterocycles. The predicted octanol–water partition coefficient (Wildman–Crippen LogP) is 3.36. The normalized spacial score (nSPS) is 9.87. The smallest absolute Gasteiger partial charge is 0.289 e. The van der Waals surface area contributed by atoms with Crippen molar-refractivity contribution in [3.63, 3.8) is 0 Å². The minimum Gasteiger partial charge on any atom is -0.451 e. The molecule has 6 heteroatoms. The average molecular weight is 311 g/mol. The summed E-state index contributed by atoms with van der Waals surface area (Å²) in [6.07, 6.45) is 0.366. The molecule has 0 spiro atoms. The standard InChI is InChI=1S/C17H14FN3O2/c18-14-5-3-13(4-6-14)15-7-8-16(23-15)17(22)21(11-1-9-19)12-2-10-20/h3-8H,1-2,11-12H2. The lowest BCUT2D eigenvalue weighted by molar-refractivity contribution is 0.0731. The van der Waals surface area contributed by atoms with E-state index in [0.717, 1.165) is 0 Å². The minimum absolute atomic E-state index is 0.125. The quantitative estimate of drug-likeness (QED) is 0.819. The van der Waals surface area contributed by atoms with E-state index in [-0.39, 0.29) is 43.4 Å². The van der Waals surface area contributed by atoms with Crippen molar-refractivity contribution in [2.75, 3.05) is 13.1 Å². The largest absolute Gasteiger partial charge is 0.451 e. The van der Waals surface area contributed by atoms with Crippen LogP contribution in [0.2, 0.25) is 0 Å². The zero-order valence-corrected chi connectivity index (χ0v) is 12.3. The molecule has 1 amide bonds. The highest BCUT2D eigenvalue weighted by molar-refractivity contribution is 5.92.